The average Bonchev–Trinajstić information content (AvgIpc) is 3.06. The van der Waals surface area contributed by atoms with Crippen molar-refractivity contribution in [1.29, 1.82) is 0 Å². The van der Waals surface area contributed by atoms with Crippen molar-refractivity contribution >= 4 is 10.4 Å². The predicted molar refractivity (Wildman–Crippen MR) is 67.0 cm³/mol. The predicted octanol–water partition coefficient (Wildman–Crippen LogP) is 1.48. The number of para-hydroxylation sites is 1. The molecule has 0 amide bonds. The molecule has 0 spiro atoms. The number of hydrogen-bond donors (Lipinski definition) is 3. The number of epoxide rings is 1. The molecule has 0 radical (unpaired) electrons. The molecular formula is C11H16O6S. The summed E-state index contributed by atoms with van der Waals surface area (Å²) in [6.07, 6.45) is 2.50. The fourth-order valence-corrected chi connectivity index (χ4v) is 0.839. The van der Waals surface area contributed by atoms with E-state index < -0.39 is 10.4 Å². The van der Waals surface area contributed by atoms with Crippen LogP contribution in [-0.4, -0.2) is 35.8 Å². The monoisotopic (exact) mass is 276 g/mol. The van der Waals surface area contributed by atoms with E-state index in [9.17, 15) is 5.11 Å². The average molecular weight is 276 g/mol. The first-order valence-electron chi connectivity index (χ1n) is 5.00. The van der Waals surface area contributed by atoms with Gasteiger partial charge in [0.25, 0.3) is 0 Å². The molecular weight excluding hydrogens is 260 g/mol. The third-order valence-electron chi connectivity index (χ3n) is 1.56. The summed E-state index contributed by atoms with van der Waals surface area (Å²) in [4.78, 5) is 0. The first-order valence-corrected chi connectivity index (χ1v) is 6.39. The van der Waals surface area contributed by atoms with E-state index >= 15 is 0 Å². The lowest BCUT2D eigenvalue weighted by Crippen LogP contribution is -1.89. The number of aromatic hydroxyl groups is 1. The van der Waals surface area contributed by atoms with Crippen molar-refractivity contribution in [1.82, 2.24) is 0 Å². The lowest BCUT2D eigenvalue weighted by Gasteiger charge is -1.97. The van der Waals surface area contributed by atoms with Crippen molar-refractivity contribution in [3.63, 3.8) is 0 Å². The molecule has 6 nitrogen and oxygen atoms in total. The van der Waals surface area contributed by atoms with Crippen LogP contribution in [0.5, 0.6) is 5.75 Å². The third-order valence-corrected chi connectivity index (χ3v) is 1.56. The van der Waals surface area contributed by atoms with E-state index in [0.717, 1.165) is 25.2 Å². The second-order valence-corrected chi connectivity index (χ2v) is 4.08. The molecule has 0 aliphatic carbocycles. The van der Waals surface area contributed by atoms with Crippen LogP contribution in [0, 0.1) is 0 Å². The first kappa shape index (κ1) is 16.6. The second-order valence-electron chi connectivity index (χ2n) is 3.18. The number of hydrogen-bond acceptors (Lipinski definition) is 4. The van der Waals surface area contributed by atoms with Gasteiger partial charge < -0.3 is 9.84 Å². The number of rotatable bonds is 2. The highest BCUT2D eigenvalue weighted by atomic mass is 32.3. The zero-order valence-electron chi connectivity index (χ0n) is 9.69. The molecule has 7 heteroatoms. The van der Waals surface area contributed by atoms with Gasteiger partial charge >= 0.3 is 10.4 Å². The lowest BCUT2D eigenvalue weighted by atomic mass is 10.1. The van der Waals surface area contributed by atoms with Crippen molar-refractivity contribution in [2.75, 3.05) is 13.2 Å². The summed E-state index contributed by atoms with van der Waals surface area (Å²) in [7, 11) is -4.67. The van der Waals surface area contributed by atoms with Gasteiger partial charge in [-0.1, -0.05) is 24.3 Å². The van der Waals surface area contributed by atoms with E-state index in [4.69, 9.17) is 17.5 Å². The molecule has 0 saturated carbocycles. The van der Waals surface area contributed by atoms with Gasteiger partial charge in [-0.2, -0.15) is 8.42 Å². The van der Waals surface area contributed by atoms with Crippen molar-refractivity contribution < 1.29 is 27.4 Å². The van der Waals surface area contributed by atoms with Crippen molar-refractivity contribution in [3.05, 3.63) is 42.5 Å². The van der Waals surface area contributed by atoms with Crippen LogP contribution in [0.1, 0.15) is 5.56 Å². The highest BCUT2D eigenvalue weighted by molar-refractivity contribution is 7.79. The topological polar surface area (TPSA) is 107 Å². The van der Waals surface area contributed by atoms with E-state index in [1.54, 1.807) is 12.1 Å². The summed E-state index contributed by atoms with van der Waals surface area (Å²) in [5.74, 6) is 0.349. The summed E-state index contributed by atoms with van der Waals surface area (Å²) >= 11 is 0. The normalized spacial score (nSPS) is 12.3. The smallest absolute Gasteiger partial charge is 0.394 e. The number of allylic oxidation sites excluding steroid dienone is 1. The maximum absolute atomic E-state index is 9.19. The van der Waals surface area contributed by atoms with Crippen LogP contribution in [0.15, 0.2) is 36.9 Å². The standard InChI is InChI=1S/C9H10O.C2H4O.H2O4S/c1-2-5-8-6-3-4-7-9(8)10;1-2-3-1;1-5(2,3)4/h2-4,6-7,10H,1,5H2;1-2H2;(H2,1,2,3,4). The zero-order valence-corrected chi connectivity index (χ0v) is 10.5. The number of benzene rings is 1. The Bertz CT molecular complexity index is 442. The summed E-state index contributed by atoms with van der Waals surface area (Å²) in [6, 6.07) is 7.27. The quantitative estimate of drug-likeness (QED) is 0.429. The summed E-state index contributed by atoms with van der Waals surface area (Å²) < 4.78 is 36.1. The Morgan fingerprint density at radius 1 is 1.28 bits per heavy atom. The zero-order chi connectivity index (χ0) is 14.0. The van der Waals surface area contributed by atoms with E-state index in [2.05, 4.69) is 11.3 Å². The highest BCUT2D eigenvalue weighted by Crippen LogP contribution is 2.15. The van der Waals surface area contributed by atoms with Gasteiger partial charge in [0.2, 0.25) is 0 Å². The molecule has 2 rings (SSSR count). The lowest BCUT2D eigenvalue weighted by molar-refractivity contribution is 0.381. The molecule has 0 aromatic heterocycles. The fourth-order valence-electron chi connectivity index (χ4n) is 0.839. The number of phenols is 1. The van der Waals surface area contributed by atoms with Gasteiger partial charge in [-0.25, -0.2) is 0 Å². The van der Waals surface area contributed by atoms with Crippen molar-refractivity contribution in [2.45, 2.75) is 6.42 Å². The van der Waals surface area contributed by atoms with Crippen molar-refractivity contribution in [3.8, 4) is 5.75 Å². The van der Waals surface area contributed by atoms with E-state index in [1.165, 1.54) is 0 Å². The molecule has 0 unspecified atom stereocenters. The van der Waals surface area contributed by atoms with Crippen LogP contribution in [0.3, 0.4) is 0 Å². The Kier molecular flexibility index (Phi) is 7.97. The molecule has 1 aliphatic rings. The molecule has 1 aromatic rings. The molecule has 1 aliphatic heterocycles. The van der Waals surface area contributed by atoms with Gasteiger partial charge in [-0.15, -0.1) is 6.58 Å². The number of ether oxygens (including phenoxy) is 1. The minimum atomic E-state index is -4.67. The second kappa shape index (κ2) is 8.65. The molecule has 102 valence electrons. The van der Waals surface area contributed by atoms with Crippen LogP contribution in [0.4, 0.5) is 0 Å². The van der Waals surface area contributed by atoms with Crippen molar-refractivity contribution in [2.24, 2.45) is 0 Å². The Hall–Kier alpha value is -1.41. The maximum Gasteiger partial charge on any atom is 0.394 e. The van der Waals surface area contributed by atoms with Gasteiger partial charge in [0.15, 0.2) is 0 Å². The van der Waals surface area contributed by atoms with Crippen LogP contribution < -0.4 is 0 Å². The largest absolute Gasteiger partial charge is 0.508 e. The molecule has 18 heavy (non-hydrogen) atoms. The van der Waals surface area contributed by atoms with Crippen LogP contribution in [0.2, 0.25) is 0 Å². The van der Waals surface area contributed by atoms with Crippen LogP contribution >= 0.6 is 0 Å². The van der Waals surface area contributed by atoms with Gasteiger partial charge in [-0.05, 0) is 18.1 Å². The SMILES string of the molecule is C1CO1.C=CCc1ccccc1O.O=S(=O)(O)O. The van der Waals surface area contributed by atoms with E-state index in [0.29, 0.717) is 5.75 Å². The molecule has 1 saturated heterocycles. The number of phenolic OH excluding ortho intramolecular Hbond substituents is 1. The molecule has 1 heterocycles. The summed E-state index contributed by atoms with van der Waals surface area (Å²) in [5.41, 5.74) is 0.928. The van der Waals surface area contributed by atoms with E-state index in [-0.39, 0.29) is 0 Å². The fraction of sp³-hybridized carbons (Fsp3) is 0.273. The van der Waals surface area contributed by atoms with Crippen LogP contribution in [0.25, 0.3) is 0 Å². The molecule has 1 aromatic carbocycles. The first-order chi connectivity index (χ1) is 8.34. The maximum atomic E-state index is 9.19. The van der Waals surface area contributed by atoms with E-state index in [1.807, 2.05) is 18.2 Å². The summed E-state index contributed by atoms with van der Waals surface area (Å²) in [5, 5.41) is 9.19. The Balaban J connectivity index is 0.000000299. The van der Waals surface area contributed by atoms with Gasteiger partial charge in [0.05, 0.1) is 13.2 Å². The highest BCUT2D eigenvalue weighted by Gasteiger charge is 1.94. The Morgan fingerprint density at radius 2 is 1.72 bits per heavy atom. The Morgan fingerprint density at radius 3 is 2.06 bits per heavy atom. The minimum Gasteiger partial charge on any atom is -0.508 e. The molecule has 1 fully saturated rings. The molecule has 3 N–H and O–H groups in total. The molecule has 0 atom stereocenters. The summed E-state index contributed by atoms with van der Waals surface area (Å²) in [6.45, 7) is 5.59. The molecule has 0 bridgehead atoms. The van der Waals surface area contributed by atoms with Crippen LogP contribution in [-0.2, 0) is 21.6 Å². The minimum absolute atomic E-state index is 0.349. The van der Waals surface area contributed by atoms with Gasteiger partial charge in [0, 0.05) is 0 Å². The van der Waals surface area contributed by atoms with Gasteiger partial charge in [0.1, 0.15) is 5.75 Å². The van der Waals surface area contributed by atoms with Gasteiger partial charge in [-0.3, -0.25) is 9.11 Å². The third kappa shape index (κ3) is 14.6. The Labute approximate surface area is 106 Å².